The number of nitrogens with zero attached hydrogens (tertiary/aromatic N) is 2. The van der Waals surface area contributed by atoms with Crippen LogP contribution in [0, 0.1) is 5.82 Å². The predicted octanol–water partition coefficient (Wildman–Crippen LogP) is 1.78. The lowest BCUT2D eigenvalue weighted by atomic mass is 10.3. The zero-order chi connectivity index (χ0) is 7.40. The Balaban J connectivity index is 2.89. The van der Waals surface area contributed by atoms with Crippen molar-refractivity contribution in [3.8, 4) is 0 Å². The molecule has 1 aromatic rings. The molecule has 2 N–H and O–H groups in total. The molecule has 0 unspecified atom stereocenters. The van der Waals surface area contributed by atoms with Gasteiger partial charge in [-0.1, -0.05) is 5.22 Å². The monoisotopic (exact) mass is 139 g/mol. The zero-order valence-electron chi connectivity index (χ0n) is 5.16. The zero-order valence-corrected chi connectivity index (χ0v) is 5.16. The van der Waals surface area contributed by atoms with Gasteiger partial charge in [-0.2, -0.15) is 0 Å². The van der Waals surface area contributed by atoms with E-state index in [4.69, 9.17) is 5.84 Å². The number of halogens is 1. The van der Waals surface area contributed by atoms with Crippen LogP contribution in [0.3, 0.4) is 0 Å². The van der Waals surface area contributed by atoms with Crippen LogP contribution in [0.5, 0.6) is 0 Å². The molecule has 52 valence electrons. The number of hydrogen-bond acceptors (Lipinski definition) is 2. The van der Waals surface area contributed by atoms with Gasteiger partial charge < -0.3 is 5.84 Å². The molecule has 0 saturated heterocycles. The molecule has 0 radical (unpaired) electrons. The molecule has 0 spiro atoms. The van der Waals surface area contributed by atoms with Gasteiger partial charge in [0.2, 0.25) is 0 Å². The van der Waals surface area contributed by atoms with Gasteiger partial charge in [0.15, 0.2) is 0 Å². The van der Waals surface area contributed by atoms with E-state index >= 15 is 0 Å². The molecule has 4 heteroatoms. The quantitative estimate of drug-likeness (QED) is 0.360. The summed E-state index contributed by atoms with van der Waals surface area (Å²) in [5, 5.41) is 6.52. The second-order valence-corrected chi connectivity index (χ2v) is 1.69. The van der Waals surface area contributed by atoms with Crippen LogP contribution >= 0.6 is 0 Å². The minimum absolute atomic E-state index is 0.295. The first-order valence-electron chi connectivity index (χ1n) is 2.69. The van der Waals surface area contributed by atoms with E-state index in [-0.39, 0.29) is 5.82 Å². The fourth-order valence-electron chi connectivity index (χ4n) is 0.574. The summed E-state index contributed by atoms with van der Waals surface area (Å²) in [6.07, 6.45) is 0. The van der Waals surface area contributed by atoms with E-state index < -0.39 is 0 Å². The summed E-state index contributed by atoms with van der Waals surface area (Å²) < 4.78 is 12.2. The van der Waals surface area contributed by atoms with Crippen molar-refractivity contribution in [1.82, 2.24) is 0 Å². The van der Waals surface area contributed by atoms with Crippen LogP contribution in [0.4, 0.5) is 10.1 Å². The third-order valence-electron chi connectivity index (χ3n) is 1.000. The third-order valence-corrected chi connectivity index (χ3v) is 1.000. The summed E-state index contributed by atoms with van der Waals surface area (Å²) in [5.74, 6) is 4.47. The lowest BCUT2D eigenvalue weighted by Gasteiger charge is -1.88. The van der Waals surface area contributed by atoms with Crippen LogP contribution < -0.4 is 5.84 Å². The predicted molar refractivity (Wildman–Crippen MR) is 35.1 cm³/mol. The smallest absolute Gasteiger partial charge is 0.123 e. The van der Waals surface area contributed by atoms with E-state index in [1.807, 2.05) is 0 Å². The topological polar surface area (TPSA) is 50.7 Å². The van der Waals surface area contributed by atoms with Gasteiger partial charge in [0.25, 0.3) is 0 Å². The molecule has 0 aliphatic carbocycles. The molecular formula is C6H6FN3. The Morgan fingerprint density at radius 1 is 1.20 bits per heavy atom. The first-order valence-corrected chi connectivity index (χ1v) is 2.69. The van der Waals surface area contributed by atoms with Crippen molar-refractivity contribution in [3.05, 3.63) is 30.1 Å². The van der Waals surface area contributed by atoms with E-state index in [2.05, 4.69) is 10.3 Å². The summed E-state index contributed by atoms with van der Waals surface area (Å²) in [7, 11) is 0. The second kappa shape index (κ2) is 2.91. The molecule has 0 bridgehead atoms. The van der Waals surface area contributed by atoms with Crippen molar-refractivity contribution in [2.24, 2.45) is 16.2 Å². The molecule has 0 amide bonds. The Morgan fingerprint density at radius 2 is 1.80 bits per heavy atom. The first kappa shape index (κ1) is 6.67. The van der Waals surface area contributed by atoms with Crippen molar-refractivity contribution < 1.29 is 4.39 Å². The molecule has 0 fully saturated rings. The van der Waals surface area contributed by atoms with Crippen LogP contribution in [-0.2, 0) is 0 Å². The first-order chi connectivity index (χ1) is 4.83. The molecule has 0 saturated carbocycles. The SMILES string of the molecule is NN=Nc1ccc(F)cc1. The van der Waals surface area contributed by atoms with Gasteiger partial charge in [-0.25, -0.2) is 4.39 Å². The lowest BCUT2D eigenvalue weighted by molar-refractivity contribution is 0.628. The number of nitrogens with two attached hydrogens (primary N) is 1. The van der Waals surface area contributed by atoms with E-state index in [1.165, 1.54) is 24.3 Å². The Morgan fingerprint density at radius 3 is 2.30 bits per heavy atom. The Hall–Kier alpha value is -1.45. The van der Waals surface area contributed by atoms with Gasteiger partial charge in [0.05, 0.1) is 5.69 Å². The highest BCUT2D eigenvalue weighted by molar-refractivity contribution is 5.35. The van der Waals surface area contributed by atoms with Gasteiger partial charge in [0, 0.05) is 0 Å². The van der Waals surface area contributed by atoms with Gasteiger partial charge in [-0.3, -0.25) is 0 Å². The van der Waals surface area contributed by atoms with Crippen LogP contribution in [0.15, 0.2) is 34.6 Å². The van der Waals surface area contributed by atoms with E-state index in [0.717, 1.165) is 0 Å². The highest BCUT2D eigenvalue weighted by atomic mass is 19.1. The highest BCUT2D eigenvalue weighted by Crippen LogP contribution is 2.11. The van der Waals surface area contributed by atoms with Crippen molar-refractivity contribution >= 4 is 5.69 Å². The molecule has 1 aromatic carbocycles. The molecular weight excluding hydrogens is 133 g/mol. The van der Waals surface area contributed by atoms with E-state index in [0.29, 0.717) is 5.69 Å². The fourth-order valence-corrected chi connectivity index (χ4v) is 0.574. The van der Waals surface area contributed by atoms with E-state index in [1.54, 1.807) is 0 Å². The maximum Gasteiger partial charge on any atom is 0.123 e. The molecule has 0 atom stereocenters. The number of rotatable bonds is 1. The fraction of sp³-hybridized carbons (Fsp3) is 0. The summed E-state index contributed by atoms with van der Waals surface area (Å²) in [4.78, 5) is 0. The van der Waals surface area contributed by atoms with Crippen LogP contribution in [0.1, 0.15) is 0 Å². The average molecular weight is 139 g/mol. The molecule has 10 heavy (non-hydrogen) atoms. The van der Waals surface area contributed by atoms with E-state index in [9.17, 15) is 4.39 Å². The molecule has 0 aromatic heterocycles. The molecule has 0 aliphatic heterocycles. The Bertz CT molecular complexity index is 229. The minimum atomic E-state index is -0.295. The summed E-state index contributed by atoms with van der Waals surface area (Å²) in [5.41, 5.74) is 0.545. The van der Waals surface area contributed by atoms with Gasteiger partial charge in [-0.15, -0.1) is 5.11 Å². The normalized spacial score (nSPS) is 10.5. The molecule has 0 aliphatic rings. The van der Waals surface area contributed by atoms with Crippen LogP contribution in [0.2, 0.25) is 0 Å². The van der Waals surface area contributed by atoms with Gasteiger partial charge in [0.1, 0.15) is 5.82 Å². The second-order valence-electron chi connectivity index (χ2n) is 1.69. The third kappa shape index (κ3) is 1.51. The van der Waals surface area contributed by atoms with Gasteiger partial charge in [-0.05, 0) is 24.3 Å². The van der Waals surface area contributed by atoms with Crippen molar-refractivity contribution in [2.45, 2.75) is 0 Å². The molecule has 3 nitrogen and oxygen atoms in total. The maximum absolute atomic E-state index is 12.2. The molecule has 1 rings (SSSR count). The lowest BCUT2D eigenvalue weighted by Crippen LogP contribution is -1.74. The Kier molecular flexibility index (Phi) is 1.94. The van der Waals surface area contributed by atoms with Crippen LogP contribution in [-0.4, -0.2) is 0 Å². The minimum Gasteiger partial charge on any atom is -0.305 e. The van der Waals surface area contributed by atoms with Gasteiger partial charge >= 0.3 is 0 Å². The summed E-state index contributed by atoms with van der Waals surface area (Å²) in [6, 6.07) is 5.57. The largest absolute Gasteiger partial charge is 0.305 e. The number of benzene rings is 1. The summed E-state index contributed by atoms with van der Waals surface area (Å²) in [6.45, 7) is 0. The van der Waals surface area contributed by atoms with Crippen molar-refractivity contribution in [3.63, 3.8) is 0 Å². The van der Waals surface area contributed by atoms with Crippen molar-refractivity contribution in [2.75, 3.05) is 0 Å². The Labute approximate surface area is 57.4 Å². The van der Waals surface area contributed by atoms with Crippen molar-refractivity contribution in [1.29, 1.82) is 0 Å². The molecule has 0 heterocycles. The summed E-state index contributed by atoms with van der Waals surface area (Å²) >= 11 is 0. The average Bonchev–Trinajstić information content (AvgIpc) is 1.95. The standard InChI is InChI=1S/C6H6FN3/c7-5-1-3-6(4-2-5)9-10-8/h1-4H,(H2,8,9). The van der Waals surface area contributed by atoms with Crippen LogP contribution in [0.25, 0.3) is 0 Å². The number of hydrogen-bond donors (Lipinski definition) is 1. The highest BCUT2D eigenvalue weighted by Gasteiger charge is 1.88. The maximum atomic E-state index is 12.2.